The zero-order chi connectivity index (χ0) is 14.1. The van der Waals surface area contributed by atoms with Crippen LogP contribution in [0.1, 0.15) is 59.8 Å². The zero-order valence-corrected chi connectivity index (χ0v) is 13.5. The van der Waals surface area contributed by atoms with Crippen LogP contribution in [0.25, 0.3) is 0 Å². The van der Waals surface area contributed by atoms with Crippen LogP contribution < -0.4 is 5.32 Å². The fourth-order valence-corrected chi connectivity index (χ4v) is 3.00. The van der Waals surface area contributed by atoms with Crippen molar-refractivity contribution in [2.24, 2.45) is 0 Å². The third kappa shape index (κ3) is 5.80. The van der Waals surface area contributed by atoms with Crippen molar-refractivity contribution in [3.63, 3.8) is 0 Å². The molecule has 1 saturated heterocycles. The van der Waals surface area contributed by atoms with Crippen LogP contribution >= 0.6 is 0 Å². The molecule has 1 aliphatic heterocycles. The third-order valence-corrected chi connectivity index (χ3v) is 4.22. The Bertz CT molecular complexity index is 223. The van der Waals surface area contributed by atoms with Crippen molar-refractivity contribution in [3.8, 4) is 0 Å². The number of nitrogens with one attached hydrogen (secondary N) is 1. The molecule has 0 aromatic carbocycles. The van der Waals surface area contributed by atoms with Gasteiger partial charge in [0.1, 0.15) is 0 Å². The van der Waals surface area contributed by atoms with E-state index in [-0.39, 0.29) is 0 Å². The van der Waals surface area contributed by atoms with Gasteiger partial charge in [-0.15, -0.1) is 0 Å². The van der Waals surface area contributed by atoms with E-state index in [9.17, 15) is 0 Å². The molecule has 114 valence electrons. The average Bonchev–Trinajstić information content (AvgIpc) is 2.46. The molecule has 3 atom stereocenters. The molecule has 0 radical (unpaired) electrons. The molecule has 1 fully saturated rings. The number of piperidine rings is 1. The van der Waals surface area contributed by atoms with Gasteiger partial charge in [0, 0.05) is 25.2 Å². The van der Waals surface area contributed by atoms with Gasteiger partial charge in [0.25, 0.3) is 0 Å². The fourth-order valence-electron chi connectivity index (χ4n) is 3.00. The Morgan fingerprint density at radius 2 is 2.05 bits per heavy atom. The molecule has 0 aromatic rings. The molecule has 0 spiro atoms. The molecule has 0 bridgehead atoms. The molecule has 1 heterocycles. The summed E-state index contributed by atoms with van der Waals surface area (Å²) in [6, 6.07) is 1.23. The maximum Gasteiger partial charge on any atom is 0.0702 e. The molecular weight excluding hydrogens is 236 g/mol. The summed E-state index contributed by atoms with van der Waals surface area (Å²) in [7, 11) is 0. The van der Waals surface area contributed by atoms with Crippen LogP contribution in [0.5, 0.6) is 0 Å². The predicted octanol–water partition coefficient (Wildman–Crippen LogP) is 3.04. The quantitative estimate of drug-likeness (QED) is 0.697. The summed E-state index contributed by atoms with van der Waals surface area (Å²) < 4.78 is 5.94. The number of hydrogen-bond donors (Lipinski definition) is 1. The molecule has 0 saturated carbocycles. The molecule has 0 aliphatic carbocycles. The van der Waals surface area contributed by atoms with E-state index in [1.165, 1.54) is 32.2 Å². The lowest BCUT2D eigenvalue weighted by Crippen LogP contribution is -2.52. The Morgan fingerprint density at radius 1 is 1.26 bits per heavy atom. The van der Waals surface area contributed by atoms with Crippen molar-refractivity contribution in [2.75, 3.05) is 26.2 Å². The lowest BCUT2D eigenvalue weighted by atomic mass is 10.0. The minimum atomic E-state index is 0.458. The normalized spacial score (nSPS) is 24.3. The summed E-state index contributed by atoms with van der Waals surface area (Å²) in [6.07, 6.45) is 6.52. The molecule has 1 N–H and O–H groups in total. The van der Waals surface area contributed by atoms with Crippen molar-refractivity contribution in [1.29, 1.82) is 0 Å². The van der Waals surface area contributed by atoms with Gasteiger partial charge >= 0.3 is 0 Å². The smallest absolute Gasteiger partial charge is 0.0702 e. The maximum absolute atomic E-state index is 5.94. The molecule has 3 heteroatoms. The maximum atomic E-state index is 5.94. The number of ether oxygens (including phenoxy) is 1. The van der Waals surface area contributed by atoms with Crippen LogP contribution in [0.4, 0.5) is 0 Å². The van der Waals surface area contributed by atoms with Crippen molar-refractivity contribution < 1.29 is 4.74 Å². The van der Waals surface area contributed by atoms with E-state index < -0.39 is 0 Å². The Labute approximate surface area is 120 Å². The van der Waals surface area contributed by atoms with Crippen LogP contribution in [-0.4, -0.2) is 49.3 Å². The van der Waals surface area contributed by atoms with Crippen LogP contribution in [-0.2, 0) is 4.74 Å². The van der Waals surface area contributed by atoms with Crippen LogP contribution in [0, 0.1) is 0 Å². The highest BCUT2D eigenvalue weighted by Gasteiger charge is 2.27. The van der Waals surface area contributed by atoms with E-state index in [2.05, 4.69) is 37.9 Å². The Kier molecular flexibility index (Phi) is 8.67. The van der Waals surface area contributed by atoms with Crippen molar-refractivity contribution in [1.82, 2.24) is 10.2 Å². The number of rotatable bonds is 9. The molecule has 3 nitrogen and oxygen atoms in total. The van der Waals surface area contributed by atoms with E-state index >= 15 is 0 Å². The van der Waals surface area contributed by atoms with Gasteiger partial charge in [0.15, 0.2) is 0 Å². The van der Waals surface area contributed by atoms with Crippen molar-refractivity contribution in [3.05, 3.63) is 0 Å². The summed E-state index contributed by atoms with van der Waals surface area (Å²) in [5.41, 5.74) is 0. The van der Waals surface area contributed by atoms with E-state index in [0.717, 1.165) is 26.1 Å². The molecule has 19 heavy (non-hydrogen) atoms. The van der Waals surface area contributed by atoms with E-state index in [1.54, 1.807) is 0 Å². The molecule has 0 aromatic heterocycles. The summed E-state index contributed by atoms with van der Waals surface area (Å²) >= 11 is 0. The average molecular weight is 270 g/mol. The molecule has 0 amide bonds. The predicted molar refractivity (Wildman–Crippen MR) is 82.7 cm³/mol. The summed E-state index contributed by atoms with van der Waals surface area (Å²) in [4.78, 5) is 2.63. The first kappa shape index (κ1) is 16.9. The SMILES string of the molecule is CCCNC(CC)C(C)N1CCCC(OCCC)C1. The van der Waals surface area contributed by atoms with Gasteiger partial charge in [0.05, 0.1) is 6.10 Å². The van der Waals surface area contributed by atoms with Gasteiger partial charge in [-0.2, -0.15) is 0 Å². The van der Waals surface area contributed by atoms with E-state index in [0.29, 0.717) is 18.2 Å². The first-order valence-corrected chi connectivity index (χ1v) is 8.31. The zero-order valence-electron chi connectivity index (χ0n) is 13.5. The minimum Gasteiger partial charge on any atom is -0.377 e. The lowest BCUT2D eigenvalue weighted by molar-refractivity contribution is -0.0151. The minimum absolute atomic E-state index is 0.458. The highest BCUT2D eigenvalue weighted by atomic mass is 16.5. The highest BCUT2D eigenvalue weighted by molar-refractivity contribution is 4.84. The van der Waals surface area contributed by atoms with Crippen LogP contribution in [0.15, 0.2) is 0 Å². The Balaban J connectivity index is 2.42. The van der Waals surface area contributed by atoms with Crippen LogP contribution in [0.3, 0.4) is 0 Å². The number of nitrogens with zero attached hydrogens (tertiary/aromatic N) is 1. The molecule has 1 rings (SSSR count). The second kappa shape index (κ2) is 9.73. The lowest BCUT2D eigenvalue weighted by Gasteiger charge is -2.40. The van der Waals surface area contributed by atoms with Gasteiger partial charge in [-0.1, -0.05) is 20.8 Å². The number of hydrogen-bond acceptors (Lipinski definition) is 3. The topological polar surface area (TPSA) is 24.5 Å². The van der Waals surface area contributed by atoms with Crippen LogP contribution in [0.2, 0.25) is 0 Å². The van der Waals surface area contributed by atoms with Gasteiger partial charge < -0.3 is 10.1 Å². The molecule has 3 unspecified atom stereocenters. The molecule has 1 aliphatic rings. The van der Waals surface area contributed by atoms with Gasteiger partial charge in [-0.05, 0) is 52.1 Å². The van der Waals surface area contributed by atoms with Gasteiger partial charge in [0.2, 0.25) is 0 Å². The van der Waals surface area contributed by atoms with E-state index in [4.69, 9.17) is 4.74 Å². The standard InChI is InChI=1S/C16H34N2O/c1-5-10-17-16(7-3)14(4)18-11-8-9-15(13-18)19-12-6-2/h14-17H,5-13H2,1-4H3. The summed E-state index contributed by atoms with van der Waals surface area (Å²) in [5, 5.41) is 3.69. The monoisotopic (exact) mass is 270 g/mol. The largest absolute Gasteiger partial charge is 0.377 e. The second-order valence-corrected chi connectivity index (χ2v) is 5.84. The first-order chi connectivity index (χ1) is 9.22. The first-order valence-electron chi connectivity index (χ1n) is 8.31. The third-order valence-electron chi connectivity index (χ3n) is 4.22. The van der Waals surface area contributed by atoms with Crippen molar-refractivity contribution >= 4 is 0 Å². The fraction of sp³-hybridized carbons (Fsp3) is 1.00. The van der Waals surface area contributed by atoms with Gasteiger partial charge in [-0.3, -0.25) is 4.90 Å². The molecular formula is C16H34N2O. The Hall–Kier alpha value is -0.120. The summed E-state index contributed by atoms with van der Waals surface area (Å²) in [5.74, 6) is 0. The Morgan fingerprint density at radius 3 is 2.68 bits per heavy atom. The summed E-state index contributed by atoms with van der Waals surface area (Å²) in [6.45, 7) is 13.5. The van der Waals surface area contributed by atoms with Gasteiger partial charge in [-0.25, -0.2) is 0 Å². The van der Waals surface area contributed by atoms with Crippen molar-refractivity contribution in [2.45, 2.75) is 78.0 Å². The number of likely N-dealkylation sites (tertiary alicyclic amines) is 1. The second-order valence-electron chi connectivity index (χ2n) is 5.84. The van der Waals surface area contributed by atoms with E-state index in [1.807, 2.05) is 0 Å². The highest BCUT2D eigenvalue weighted by Crippen LogP contribution is 2.18.